The number of benzene rings is 1. The predicted molar refractivity (Wildman–Crippen MR) is 78.5 cm³/mol. The fourth-order valence-electron chi connectivity index (χ4n) is 2.59. The van der Waals surface area contributed by atoms with Crippen molar-refractivity contribution in [1.82, 2.24) is 5.32 Å². The van der Waals surface area contributed by atoms with Gasteiger partial charge in [-0.1, -0.05) is 12.8 Å². The van der Waals surface area contributed by atoms with Crippen molar-refractivity contribution < 1.29 is 17.6 Å². The number of nitrogens with one attached hydrogen (secondary N) is 1. The second-order valence-electron chi connectivity index (χ2n) is 5.38. The van der Waals surface area contributed by atoms with Crippen molar-refractivity contribution in [3.05, 3.63) is 29.1 Å². The smallest absolute Gasteiger partial charge is 0.261 e. The maximum absolute atomic E-state index is 13.8. The SMILES string of the molecule is Cc1c(F)cc(C(=O)NCC2CCCC2)cc1S(=O)(=O)Cl. The second kappa shape index (κ2) is 6.32. The lowest BCUT2D eigenvalue weighted by Crippen LogP contribution is -2.28. The largest absolute Gasteiger partial charge is 0.352 e. The zero-order chi connectivity index (χ0) is 15.6. The molecule has 0 unspecified atom stereocenters. The summed E-state index contributed by atoms with van der Waals surface area (Å²) in [6, 6.07) is 2.15. The molecule has 116 valence electrons. The molecule has 2 rings (SSSR count). The van der Waals surface area contributed by atoms with Gasteiger partial charge in [0, 0.05) is 28.4 Å². The molecule has 1 aliphatic rings. The number of hydrogen-bond acceptors (Lipinski definition) is 3. The van der Waals surface area contributed by atoms with Gasteiger partial charge in [0.05, 0.1) is 4.90 Å². The van der Waals surface area contributed by atoms with Crippen LogP contribution in [0.3, 0.4) is 0 Å². The molecule has 4 nitrogen and oxygen atoms in total. The van der Waals surface area contributed by atoms with E-state index in [1.807, 2.05) is 0 Å². The molecule has 0 aliphatic heterocycles. The van der Waals surface area contributed by atoms with Crippen LogP contribution >= 0.6 is 10.7 Å². The maximum Gasteiger partial charge on any atom is 0.261 e. The van der Waals surface area contributed by atoms with Crippen LogP contribution in [0.2, 0.25) is 0 Å². The Bertz CT molecular complexity index is 654. The molecule has 7 heteroatoms. The van der Waals surface area contributed by atoms with Crippen molar-refractivity contribution in [3.63, 3.8) is 0 Å². The van der Waals surface area contributed by atoms with E-state index < -0.39 is 20.8 Å². The van der Waals surface area contributed by atoms with Gasteiger partial charge < -0.3 is 5.32 Å². The third kappa shape index (κ3) is 3.95. The van der Waals surface area contributed by atoms with Crippen LogP contribution in [0.25, 0.3) is 0 Å². The summed E-state index contributed by atoms with van der Waals surface area (Å²) in [5, 5.41) is 2.72. The monoisotopic (exact) mass is 333 g/mol. The summed E-state index contributed by atoms with van der Waals surface area (Å²) >= 11 is 0. The van der Waals surface area contributed by atoms with Crippen LogP contribution in [0.5, 0.6) is 0 Å². The number of hydrogen-bond donors (Lipinski definition) is 1. The Morgan fingerprint density at radius 2 is 2.00 bits per heavy atom. The lowest BCUT2D eigenvalue weighted by molar-refractivity contribution is 0.0946. The first kappa shape index (κ1) is 16.2. The fourth-order valence-corrected chi connectivity index (χ4v) is 3.80. The van der Waals surface area contributed by atoms with Crippen LogP contribution in [0.4, 0.5) is 4.39 Å². The Balaban J connectivity index is 2.19. The number of rotatable bonds is 4. The van der Waals surface area contributed by atoms with E-state index >= 15 is 0 Å². The van der Waals surface area contributed by atoms with E-state index in [0.29, 0.717) is 12.5 Å². The highest BCUT2D eigenvalue weighted by Crippen LogP contribution is 2.25. The molecule has 21 heavy (non-hydrogen) atoms. The van der Waals surface area contributed by atoms with Crippen molar-refractivity contribution in [2.24, 2.45) is 5.92 Å². The molecule has 1 aromatic carbocycles. The number of carbonyl (C=O) groups is 1. The van der Waals surface area contributed by atoms with Gasteiger partial charge in [-0.3, -0.25) is 4.79 Å². The van der Waals surface area contributed by atoms with Crippen LogP contribution < -0.4 is 5.32 Å². The standard InChI is InChI=1S/C14H17ClFNO3S/c1-9-12(16)6-11(7-13(9)21(15,19)20)14(18)17-8-10-4-2-3-5-10/h6-7,10H,2-5,8H2,1H3,(H,17,18). The van der Waals surface area contributed by atoms with Gasteiger partial charge in [-0.2, -0.15) is 0 Å². The average molecular weight is 334 g/mol. The highest BCUT2D eigenvalue weighted by Gasteiger charge is 2.21. The van der Waals surface area contributed by atoms with Crippen molar-refractivity contribution >= 4 is 25.6 Å². The lowest BCUT2D eigenvalue weighted by Gasteiger charge is -2.12. The second-order valence-corrected chi connectivity index (χ2v) is 7.91. The summed E-state index contributed by atoms with van der Waals surface area (Å²) in [4.78, 5) is 11.7. The first-order valence-electron chi connectivity index (χ1n) is 6.82. The summed E-state index contributed by atoms with van der Waals surface area (Å²) < 4.78 is 36.6. The number of amides is 1. The van der Waals surface area contributed by atoms with E-state index in [-0.39, 0.29) is 16.0 Å². The fraction of sp³-hybridized carbons (Fsp3) is 0.500. The van der Waals surface area contributed by atoms with Crippen molar-refractivity contribution in [1.29, 1.82) is 0 Å². The van der Waals surface area contributed by atoms with Crippen molar-refractivity contribution in [3.8, 4) is 0 Å². The van der Waals surface area contributed by atoms with Crippen LogP contribution in [0, 0.1) is 18.7 Å². The summed E-state index contributed by atoms with van der Waals surface area (Å²) in [7, 11) is 1.18. The molecule has 0 heterocycles. The van der Waals surface area contributed by atoms with Gasteiger partial charge in [-0.25, -0.2) is 12.8 Å². The molecule has 0 spiro atoms. The lowest BCUT2D eigenvalue weighted by atomic mass is 10.1. The summed E-state index contributed by atoms with van der Waals surface area (Å²) in [5.41, 5.74) is -0.118. The van der Waals surface area contributed by atoms with E-state index in [1.54, 1.807) is 0 Å². The van der Waals surface area contributed by atoms with Crippen LogP contribution in [-0.4, -0.2) is 20.9 Å². The maximum atomic E-state index is 13.8. The first-order chi connectivity index (χ1) is 9.79. The minimum atomic E-state index is -4.09. The molecule has 0 bridgehead atoms. The molecule has 1 saturated carbocycles. The minimum absolute atomic E-state index is 0.0321. The number of halogens is 2. The molecule has 0 radical (unpaired) electrons. The van der Waals surface area contributed by atoms with E-state index in [9.17, 15) is 17.6 Å². The van der Waals surface area contributed by atoms with Crippen LogP contribution in [0.1, 0.15) is 41.6 Å². The Hall–Kier alpha value is -1.14. The molecule has 0 atom stereocenters. The zero-order valence-electron chi connectivity index (χ0n) is 11.7. The Morgan fingerprint density at radius 3 is 2.57 bits per heavy atom. The Morgan fingerprint density at radius 1 is 1.38 bits per heavy atom. The highest BCUT2D eigenvalue weighted by molar-refractivity contribution is 8.13. The topological polar surface area (TPSA) is 63.2 Å². The van der Waals surface area contributed by atoms with Gasteiger partial charge in [-0.15, -0.1) is 0 Å². The summed E-state index contributed by atoms with van der Waals surface area (Å²) in [6.45, 7) is 1.84. The van der Waals surface area contributed by atoms with E-state index in [1.165, 1.54) is 6.92 Å². The average Bonchev–Trinajstić information content (AvgIpc) is 2.90. The Labute approximate surface area is 128 Å². The molecule has 0 saturated heterocycles. The van der Waals surface area contributed by atoms with Crippen LogP contribution in [0.15, 0.2) is 17.0 Å². The summed E-state index contributed by atoms with van der Waals surface area (Å²) in [6.07, 6.45) is 4.47. The van der Waals surface area contributed by atoms with Crippen LogP contribution in [-0.2, 0) is 9.05 Å². The van der Waals surface area contributed by atoms with E-state index in [4.69, 9.17) is 10.7 Å². The van der Waals surface area contributed by atoms with Gasteiger partial charge in [0.25, 0.3) is 15.0 Å². The minimum Gasteiger partial charge on any atom is -0.352 e. The van der Waals surface area contributed by atoms with E-state index in [0.717, 1.165) is 37.8 Å². The highest BCUT2D eigenvalue weighted by atomic mass is 35.7. The van der Waals surface area contributed by atoms with E-state index in [2.05, 4.69) is 5.32 Å². The van der Waals surface area contributed by atoms with Gasteiger partial charge in [0.1, 0.15) is 5.82 Å². The van der Waals surface area contributed by atoms with Gasteiger partial charge >= 0.3 is 0 Å². The molecule has 1 aromatic rings. The molecular weight excluding hydrogens is 317 g/mol. The molecule has 1 fully saturated rings. The third-order valence-corrected chi connectivity index (χ3v) is 5.30. The molecular formula is C14H17ClFNO3S. The summed E-state index contributed by atoms with van der Waals surface area (Å²) in [5.74, 6) is -0.800. The Kier molecular flexibility index (Phi) is 4.88. The normalized spacial score (nSPS) is 16.1. The molecule has 1 aliphatic carbocycles. The number of carbonyl (C=O) groups excluding carboxylic acids is 1. The molecule has 1 amide bonds. The third-order valence-electron chi connectivity index (χ3n) is 3.85. The first-order valence-corrected chi connectivity index (χ1v) is 9.13. The molecule has 0 aromatic heterocycles. The quantitative estimate of drug-likeness (QED) is 0.861. The van der Waals surface area contributed by atoms with Gasteiger partial charge in [0.15, 0.2) is 0 Å². The van der Waals surface area contributed by atoms with Crippen molar-refractivity contribution in [2.75, 3.05) is 6.54 Å². The van der Waals surface area contributed by atoms with Gasteiger partial charge in [-0.05, 0) is 37.8 Å². The zero-order valence-corrected chi connectivity index (χ0v) is 13.2. The van der Waals surface area contributed by atoms with Crippen molar-refractivity contribution in [2.45, 2.75) is 37.5 Å². The van der Waals surface area contributed by atoms with Gasteiger partial charge in [0.2, 0.25) is 0 Å². The molecule has 1 N–H and O–H groups in total. The predicted octanol–water partition coefficient (Wildman–Crippen LogP) is 2.98.